The van der Waals surface area contributed by atoms with E-state index in [0.717, 1.165) is 5.52 Å². The fourth-order valence-electron chi connectivity index (χ4n) is 5.86. The van der Waals surface area contributed by atoms with Gasteiger partial charge < -0.3 is 9.55 Å². The highest BCUT2D eigenvalue weighted by molar-refractivity contribution is 6.20. The third-order valence-electron chi connectivity index (χ3n) is 7.51. The number of H-pyrrole nitrogens is 1. The Kier molecular flexibility index (Phi) is 3.97. The summed E-state index contributed by atoms with van der Waals surface area (Å²) in [5.74, 6) is 0. The molecule has 0 spiro atoms. The number of rotatable bonds is 2. The Morgan fingerprint density at radius 3 is 2.11 bits per heavy atom. The molecule has 0 radical (unpaired) electrons. The van der Waals surface area contributed by atoms with Gasteiger partial charge in [0.15, 0.2) is 0 Å². The van der Waals surface area contributed by atoms with Crippen molar-refractivity contribution in [1.29, 1.82) is 0 Å². The summed E-state index contributed by atoms with van der Waals surface area (Å²) in [5, 5.41) is 7.64. The van der Waals surface area contributed by atoms with Gasteiger partial charge in [0.25, 0.3) is 0 Å². The van der Waals surface area contributed by atoms with E-state index in [1.165, 1.54) is 65.7 Å². The zero-order chi connectivity index (χ0) is 23.6. The van der Waals surface area contributed by atoms with Crippen LogP contribution in [0.2, 0.25) is 0 Å². The van der Waals surface area contributed by atoms with Gasteiger partial charge in [-0.3, -0.25) is 0 Å². The second kappa shape index (κ2) is 7.34. The average molecular weight is 459 g/mol. The number of hydrogen-bond donors (Lipinski definition) is 1. The van der Waals surface area contributed by atoms with Gasteiger partial charge in [0.05, 0.1) is 11.0 Å². The van der Waals surface area contributed by atoms with Crippen LogP contribution in [-0.2, 0) is 0 Å². The lowest BCUT2D eigenvalue weighted by atomic mass is 10.0. The number of nitrogens with one attached hydrogen (secondary N) is 1. The molecule has 6 aromatic carbocycles. The Morgan fingerprint density at radius 2 is 1.19 bits per heavy atom. The van der Waals surface area contributed by atoms with Gasteiger partial charge in [0.2, 0.25) is 0 Å². The molecule has 0 aliphatic rings. The molecule has 0 atom stereocenters. The minimum atomic E-state index is 1.16. The van der Waals surface area contributed by atoms with Gasteiger partial charge in [0, 0.05) is 38.3 Å². The van der Waals surface area contributed by atoms with Crippen molar-refractivity contribution < 1.29 is 0 Å². The molecule has 2 nitrogen and oxygen atoms in total. The fourth-order valence-corrected chi connectivity index (χ4v) is 5.86. The lowest BCUT2D eigenvalue weighted by molar-refractivity contribution is 1.19. The van der Waals surface area contributed by atoms with Crippen molar-refractivity contribution in [1.82, 2.24) is 9.55 Å². The van der Waals surface area contributed by atoms with E-state index in [4.69, 9.17) is 0 Å². The molecular formula is C34H22N2. The zero-order valence-electron chi connectivity index (χ0n) is 19.6. The number of fused-ring (bicyclic) bond motifs is 8. The standard InChI is InChI=1S/C34H22N2/c1-2-8-22(9-3-1)24-14-17-28-27-12-6-7-13-32(27)36(33(28)20-24)25-16-19-30-29(21-25)34-26-11-5-4-10-23(26)15-18-31(34)35-30/h1-21,35H. The van der Waals surface area contributed by atoms with Gasteiger partial charge in [-0.1, -0.05) is 91.0 Å². The molecule has 8 rings (SSSR count). The van der Waals surface area contributed by atoms with Gasteiger partial charge in [-0.25, -0.2) is 0 Å². The van der Waals surface area contributed by atoms with Crippen molar-refractivity contribution in [2.45, 2.75) is 0 Å². The number of benzene rings is 6. The third kappa shape index (κ3) is 2.73. The number of nitrogens with zero attached hydrogens (tertiary/aromatic N) is 1. The van der Waals surface area contributed by atoms with E-state index in [0.29, 0.717) is 0 Å². The van der Waals surface area contributed by atoms with Crippen LogP contribution in [-0.4, -0.2) is 9.55 Å². The van der Waals surface area contributed by atoms with Crippen molar-refractivity contribution >= 4 is 54.4 Å². The largest absolute Gasteiger partial charge is 0.354 e. The summed E-state index contributed by atoms with van der Waals surface area (Å²) in [6.07, 6.45) is 0. The summed E-state index contributed by atoms with van der Waals surface area (Å²) in [6, 6.07) is 46.1. The van der Waals surface area contributed by atoms with Crippen molar-refractivity contribution in [3.8, 4) is 16.8 Å². The van der Waals surface area contributed by atoms with Gasteiger partial charge in [-0.2, -0.15) is 0 Å². The highest BCUT2D eigenvalue weighted by Gasteiger charge is 2.15. The number of aromatic nitrogens is 2. The van der Waals surface area contributed by atoms with Crippen LogP contribution in [0.4, 0.5) is 0 Å². The van der Waals surface area contributed by atoms with E-state index in [1.807, 2.05) is 0 Å². The quantitative estimate of drug-likeness (QED) is 0.266. The summed E-state index contributed by atoms with van der Waals surface area (Å²) >= 11 is 0. The van der Waals surface area contributed by atoms with Gasteiger partial charge >= 0.3 is 0 Å². The second-order valence-corrected chi connectivity index (χ2v) is 9.51. The van der Waals surface area contributed by atoms with Crippen LogP contribution in [0.3, 0.4) is 0 Å². The smallest absolute Gasteiger partial charge is 0.0547 e. The van der Waals surface area contributed by atoms with Gasteiger partial charge in [-0.15, -0.1) is 0 Å². The van der Waals surface area contributed by atoms with Crippen LogP contribution in [0.25, 0.3) is 71.2 Å². The van der Waals surface area contributed by atoms with E-state index in [9.17, 15) is 0 Å². The molecule has 0 aliphatic heterocycles. The first kappa shape index (κ1) is 19.5. The molecule has 0 aliphatic carbocycles. The molecule has 1 N–H and O–H groups in total. The maximum atomic E-state index is 3.64. The van der Waals surface area contributed by atoms with Crippen molar-refractivity contribution in [3.63, 3.8) is 0 Å². The molecule has 36 heavy (non-hydrogen) atoms. The van der Waals surface area contributed by atoms with Crippen LogP contribution in [0.15, 0.2) is 127 Å². The minimum Gasteiger partial charge on any atom is -0.354 e. The highest BCUT2D eigenvalue weighted by atomic mass is 15.0. The fraction of sp³-hybridized carbons (Fsp3) is 0. The van der Waals surface area contributed by atoms with Crippen molar-refractivity contribution in [2.24, 2.45) is 0 Å². The Morgan fingerprint density at radius 1 is 0.444 bits per heavy atom. The normalized spacial score (nSPS) is 11.9. The van der Waals surface area contributed by atoms with Crippen LogP contribution < -0.4 is 0 Å². The second-order valence-electron chi connectivity index (χ2n) is 9.51. The summed E-state index contributed by atoms with van der Waals surface area (Å²) in [6.45, 7) is 0. The maximum absolute atomic E-state index is 3.64. The predicted molar refractivity (Wildman–Crippen MR) is 153 cm³/mol. The van der Waals surface area contributed by atoms with E-state index >= 15 is 0 Å². The first-order valence-corrected chi connectivity index (χ1v) is 12.4. The highest BCUT2D eigenvalue weighted by Crippen LogP contribution is 2.37. The van der Waals surface area contributed by atoms with Crippen LogP contribution in [0.5, 0.6) is 0 Å². The van der Waals surface area contributed by atoms with Gasteiger partial charge in [-0.05, 0) is 58.3 Å². The molecule has 0 amide bonds. The summed E-state index contributed by atoms with van der Waals surface area (Å²) in [5.41, 5.74) is 8.42. The lowest BCUT2D eigenvalue weighted by Crippen LogP contribution is -1.94. The molecular weight excluding hydrogens is 436 g/mol. The van der Waals surface area contributed by atoms with E-state index < -0.39 is 0 Å². The average Bonchev–Trinajstić information content (AvgIpc) is 3.48. The SMILES string of the molecule is c1ccc(-c2ccc3c4ccccc4n(-c4ccc5[nH]c6ccc7ccccc7c6c5c4)c3c2)cc1. The summed E-state index contributed by atoms with van der Waals surface area (Å²) in [4.78, 5) is 3.64. The molecule has 2 heteroatoms. The van der Waals surface area contributed by atoms with Crippen LogP contribution in [0.1, 0.15) is 0 Å². The number of hydrogen-bond acceptors (Lipinski definition) is 0. The molecule has 2 heterocycles. The van der Waals surface area contributed by atoms with Crippen LogP contribution in [0, 0.1) is 0 Å². The summed E-state index contributed by atoms with van der Waals surface area (Å²) in [7, 11) is 0. The summed E-state index contributed by atoms with van der Waals surface area (Å²) < 4.78 is 2.42. The monoisotopic (exact) mass is 458 g/mol. The van der Waals surface area contributed by atoms with Crippen LogP contribution >= 0.6 is 0 Å². The van der Waals surface area contributed by atoms with E-state index in [-0.39, 0.29) is 0 Å². The molecule has 0 bridgehead atoms. The Balaban J connectivity index is 1.47. The molecule has 0 saturated heterocycles. The first-order chi connectivity index (χ1) is 17.8. The predicted octanol–water partition coefficient (Wildman–Crippen LogP) is 9.24. The molecule has 0 unspecified atom stereocenters. The lowest BCUT2D eigenvalue weighted by Gasteiger charge is -2.10. The Hall–Kier alpha value is -4.82. The number of aromatic amines is 1. The van der Waals surface area contributed by atoms with Gasteiger partial charge in [0.1, 0.15) is 0 Å². The molecule has 168 valence electrons. The molecule has 2 aromatic heterocycles. The topological polar surface area (TPSA) is 20.7 Å². The molecule has 0 saturated carbocycles. The van der Waals surface area contributed by atoms with Crippen molar-refractivity contribution in [2.75, 3.05) is 0 Å². The zero-order valence-corrected chi connectivity index (χ0v) is 19.6. The number of para-hydroxylation sites is 1. The van der Waals surface area contributed by atoms with Crippen molar-refractivity contribution in [3.05, 3.63) is 127 Å². The first-order valence-electron chi connectivity index (χ1n) is 12.4. The molecule has 8 aromatic rings. The minimum absolute atomic E-state index is 1.16. The molecule has 0 fully saturated rings. The third-order valence-corrected chi connectivity index (χ3v) is 7.51. The van der Waals surface area contributed by atoms with E-state index in [2.05, 4.69) is 137 Å². The Labute approximate surface area is 208 Å². The maximum Gasteiger partial charge on any atom is 0.0547 e. The van der Waals surface area contributed by atoms with E-state index in [1.54, 1.807) is 0 Å². The Bertz CT molecular complexity index is 2090.